The number of carbonyl (C=O) groups excluding carboxylic acids is 1. The molecule has 19 heteroatoms. The van der Waals surface area contributed by atoms with E-state index < -0.39 is 53.6 Å². The molecule has 2 heterocycles. The Morgan fingerprint density at radius 3 is 2.58 bits per heavy atom. The topological polar surface area (TPSA) is 154 Å². The fourth-order valence-electron chi connectivity index (χ4n) is 2.89. The largest absolute Gasteiger partial charge is 0.420 e. The summed E-state index contributed by atoms with van der Waals surface area (Å²) in [6, 6.07) is 1.88. The van der Waals surface area contributed by atoms with Crippen LogP contribution < -0.4 is 10.8 Å². The predicted molar refractivity (Wildman–Crippen MR) is 114 cm³/mol. The third-order valence-electron chi connectivity index (χ3n) is 5.04. The summed E-state index contributed by atoms with van der Waals surface area (Å²) in [7, 11) is 0. The van der Waals surface area contributed by atoms with Crippen molar-refractivity contribution in [3.05, 3.63) is 35.3 Å². The number of benzene rings is 1. The standard InChI is InChI=1S/C19H17F7N6O5S/c1-17(34,19(24,25)26)12-7-11(30-36-12)15(33)27-4-5-38-16-13(31-37-32-16)14(29-35)28-8-2-3-10(20)9(6-8)18(21,22)23/h2-3,6,12,34-35H,4-5,7H2,1H3,(H,27,33)(H,28,29). The Bertz CT molecular complexity index is 1230. The molecule has 208 valence electrons. The Kier molecular flexibility index (Phi) is 8.52. The quantitative estimate of drug-likeness (QED) is 0.0931. The van der Waals surface area contributed by atoms with Crippen LogP contribution in [0.25, 0.3) is 0 Å². The maximum Gasteiger partial charge on any atom is 0.420 e. The average Bonchev–Trinajstić information content (AvgIpc) is 3.50. The van der Waals surface area contributed by atoms with Crippen molar-refractivity contribution in [1.29, 1.82) is 0 Å². The van der Waals surface area contributed by atoms with Gasteiger partial charge in [-0.25, -0.2) is 14.0 Å². The molecule has 1 aromatic heterocycles. The van der Waals surface area contributed by atoms with Gasteiger partial charge in [-0.15, -0.1) is 0 Å². The minimum atomic E-state index is -5.01. The maximum absolute atomic E-state index is 13.5. The molecule has 0 saturated heterocycles. The summed E-state index contributed by atoms with van der Waals surface area (Å²) in [6.45, 7) is 0.416. The fraction of sp³-hybridized carbons (Fsp3) is 0.421. The Morgan fingerprint density at radius 1 is 1.24 bits per heavy atom. The van der Waals surface area contributed by atoms with Gasteiger partial charge >= 0.3 is 12.4 Å². The lowest BCUT2D eigenvalue weighted by Gasteiger charge is -2.29. The number of nitrogens with one attached hydrogen (secondary N) is 2. The number of thioether (sulfide) groups is 1. The number of amidine groups is 1. The first kappa shape index (κ1) is 29.1. The van der Waals surface area contributed by atoms with Crippen molar-refractivity contribution in [2.45, 2.75) is 42.4 Å². The first-order valence-corrected chi connectivity index (χ1v) is 11.2. The maximum atomic E-state index is 13.5. The minimum absolute atomic E-state index is 0.0134. The molecule has 2 aromatic rings. The third kappa shape index (κ3) is 6.51. The van der Waals surface area contributed by atoms with E-state index in [4.69, 9.17) is 0 Å². The normalized spacial score (nSPS) is 18.0. The van der Waals surface area contributed by atoms with Crippen molar-refractivity contribution in [2.75, 3.05) is 12.3 Å². The van der Waals surface area contributed by atoms with Crippen LogP contribution in [0.15, 0.2) is 38.0 Å². The lowest BCUT2D eigenvalue weighted by Crippen LogP contribution is -2.52. The zero-order valence-electron chi connectivity index (χ0n) is 18.9. The van der Waals surface area contributed by atoms with Gasteiger partial charge in [0.25, 0.3) is 5.91 Å². The zero-order valence-corrected chi connectivity index (χ0v) is 19.7. The highest BCUT2D eigenvalue weighted by atomic mass is 32.2. The van der Waals surface area contributed by atoms with Gasteiger partial charge in [-0.05, 0) is 35.4 Å². The molecule has 0 fully saturated rings. The number of oxime groups is 1. The van der Waals surface area contributed by atoms with E-state index in [1.165, 1.54) is 0 Å². The number of amides is 1. The number of alkyl halides is 6. The van der Waals surface area contributed by atoms with Gasteiger partial charge in [0.1, 0.15) is 11.5 Å². The molecular formula is C19H17F7N6O5S. The molecule has 3 rings (SSSR count). The Hall–Kier alpha value is -3.45. The SMILES string of the molecule is CC(O)(C1CC(C(=O)NCCSc2nonc2C(=Nc2ccc(F)c(C(F)(F)F)c2)NO)=NO1)C(F)(F)F. The molecule has 2 unspecified atom stereocenters. The minimum Gasteiger partial charge on any atom is -0.388 e. The number of halogens is 7. The molecule has 1 aromatic carbocycles. The summed E-state index contributed by atoms with van der Waals surface area (Å²) < 4.78 is 95.6. The Morgan fingerprint density at radius 2 is 1.95 bits per heavy atom. The van der Waals surface area contributed by atoms with Gasteiger partial charge in [0, 0.05) is 18.7 Å². The van der Waals surface area contributed by atoms with Crippen molar-refractivity contribution in [3.8, 4) is 0 Å². The third-order valence-corrected chi connectivity index (χ3v) is 5.99. The summed E-state index contributed by atoms with van der Waals surface area (Å²) in [4.78, 5) is 20.5. The number of rotatable bonds is 8. The summed E-state index contributed by atoms with van der Waals surface area (Å²) >= 11 is 0.897. The fourth-order valence-corrected chi connectivity index (χ4v) is 3.64. The second kappa shape index (κ2) is 11.1. The van der Waals surface area contributed by atoms with Crippen molar-refractivity contribution >= 4 is 34.9 Å². The lowest BCUT2D eigenvalue weighted by atomic mass is 9.94. The number of aliphatic imine (C=N–C) groups is 1. The number of nitrogens with zero attached hydrogens (tertiary/aromatic N) is 4. The van der Waals surface area contributed by atoms with Crippen LogP contribution in [-0.4, -0.2) is 68.3 Å². The van der Waals surface area contributed by atoms with E-state index >= 15 is 0 Å². The number of hydrogen-bond donors (Lipinski definition) is 4. The van der Waals surface area contributed by atoms with Gasteiger partial charge in [-0.1, -0.05) is 16.9 Å². The molecule has 2 atom stereocenters. The number of aliphatic hydroxyl groups is 1. The summed E-state index contributed by atoms with van der Waals surface area (Å²) in [6.07, 6.45) is -12.4. The van der Waals surface area contributed by atoms with Crippen LogP contribution in [0, 0.1) is 5.82 Å². The van der Waals surface area contributed by atoms with Crippen LogP contribution in [0.2, 0.25) is 0 Å². The highest BCUT2D eigenvalue weighted by molar-refractivity contribution is 7.99. The summed E-state index contributed by atoms with van der Waals surface area (Å²) in [5.41, 5.74) is -4.15. The molecule has 1 aliphatic rings. The number of carbonyl (C=O) groups is 1. The van der Waals surface area contributed by atoms with E-state index in [0.717, 1.165) is 17.8 Å². The van der Waals surface area contributed by atoms with Gasteiger partial charge in [-0.3, -0.25) is 15.5 Å². The van der Waals surface area contributed by atoms with Crippen LogP contribution in [0.1, 0.15) is 24.6 Å². The van der Waals surface area contributed by atoms with Crippen molar-refractivity contribution in [1.82, 2.24) is 21.1 Å². The van der Waals surface area contributed by atoms with Gasteiger partial charge < -0.3 is 15.3 Å². The van der Waals surface area contributed by atoms with E-state index in [1.807, 2.05) is 0 Å². The van der Waals surface area contributed by atoms with Gasteiger partial charge in [0.05, 0.1) is 11.3 Å². The molecule has 0 saturated carbocycles. The molecule has 11 nitrogen and oxygen atoms in total. The van der Waals surface area contributed by atoms with Crippen LogP contribution in [0.4, 0.5) is 36.4 Å². The highest BCUT2D eigenvalue weighted by Gasteiger charge is 2.58. The van der Waals surface area contributed by atoms with Crippen LogP contribution >= 0.6 is 11.8 Å². The van der Waals surface area contributed by atoms with Crippen molar-refractivity contribution < 1.29 is 55.3 Å². The smallest absolute Gasteiger partial charge is 0.388 e. The molecule has 0 spiro atoms. The molecule has 4 N–H and O–H groups in total. The lowest BCUT2D eigenvalue weighted by molar-refractivity contribution is -0.285. The molecule has 1 aliphatic heterocycles. The first-order valence-electron chi connectivity index (χ1n) is 10.3. The van der Waals surface area contributed by atoms with E-state index in [-0.39, 0.29) is 34.4 Å². The molecule has 0 aliphatic carbocycles. The average molecular weight is 574 g/mol. The van der Waals surface area contributed by atoms with E-state index in [9.17, 15) is 45.8 Å². The number of hydrogen-bond acceptors (Lipinski definition) is 10. The molecular weight excluding hydrogens is 557 g/mol. The van der Waals surface area contributed by atoms with Crippen molar-refractivity contribution in [2.24, 2.45) is 10.1 Å². The van der Waals surface area contributed by atoms with Gasteiger partial charge in [0.2, 0.25) is 0 Å². The Balaban J connectivity index is 1.59. The van der Waals surface area contributed by atoms with Crippen molar-refractivity contribution in [3.63, 3.8) is 0 Å². The molecule has 0 bridgehead atoms. The highest BCUT2D eigenvalue weighted by Crippen LogP contribution is 2.37. The second-order valence-corrected chi connectivity index (χ2v) is 8.82. The Labute approximate surface area is 212 Å². The molecule has 38 heavy (non-hydrogen) atoms. The second-order valence-electron chi connectivity index (χ2n) is 7.74. The summed E-state index contributed by atoms with van der Waals surface area (Å²) in [5, 5.41) is 31.8. The number of hydroxylamine groups is 1. The zero-order chi connectivity index (χ0) is 28.3. The van der Waals surface area contributed by atoms with Crippen LogP contribution in [-0.2, 0) is 15.8 Å². The number of aromatic nitrogens is 2. The van der Waals surface area contributed by atoms with E-state index in [0.29, 0.717) is 19.1 Å². The van der Waals surface area contributed by atoms with Gasteiger partial charge in [-0.2, -0.15) is 26.3 Å². The molecule has 0 radical (unpaired) electrons. The monoisotopic (exact) mass is 574 g/mol. The predicted octanol–water partition coefficient (Wildman–Crippen LogP) is 2.95. The van der Waals surface area contributed by atoms with Crippen LogP contribution in [0.5, 0.6) is 0 Å². The van der Waals surface area contributed by atoms with E-state index in [2.05, 4.69) is 35.2 Å². The van der Waals surface area contributed by atoms with Gasteiger partial charge in [0.15, 0.2) is 28.3 Å². The summed E-state index contributed by atoms with van der Waals surface area (Å²) in [5.74, 6) is -2.79. The van der Waals surface area contributed by atoms with E-state index in [1.54, 1.807) is 5.48 Å². The van der Waals surface area contributed by atoms with Crippen LogP contribution in [0.3, 0.4) is 0 Å². The first-order chi connectivity index (χ1) is 17.6. The molecule has 1 amide bonds.